The first-order valence-electron chi connectivity index (χ1n) is 12.3. The molecule has 6 nitrogen and oxygen atoms in total. The Balaban J connectivity index is 1.97. The van der Waals surface area contributed by atoms with Crippen LogP contribution in [0.4, 0.5) is 0 Å². The van der Waals surface area contributed by atoms with E-state index in [9.17, 15) is 19.5 Å². The van der Waals surface area contributed by atoms with Crippen LogP contribution in [0.15, 0.2) is 58.7 Å². The van der Waals surface area contributed by atoms with Crippen molar-refractivity contribution in [3.05, 3.63) is 64.2 Å². The van der Waals surface area contributed by atoms with E-state index in [2.05, 4.69) is 11.9 Å². The minimum absolute atomic E-state index is 0.0995. The molecule has 0 spiro atoms. The smallest absolute Gasteiger partial charge is 0.331 e. The van der Waals surface area contributed by atoms with Gasteiger partial charge in [0.2, 0.25) is 5.78 Å². The molecule has 184 valence electrons. The van der Waals surface area contributed by atoms with Crippen LogP contribution in [0.2, 0.25) is 0 Å². The Hall–Kier alpha value is -3.02. The van der Waals surface area contributed by atoms with Gasteiger partial charge in [0.25, 0.3) is 0 Å². The van der Waals surface area contributed by atoms with Gasteiger partial charge in [0, 0.05) is 34.7 Å². The van der Waals surface area contributed by atoms with Gasteiger partial charge in [-0.25, -0.2) is 4.79 Å². The summed E-state index contributed by atoms with van der Waals surface area (Å²) < 4.78 is 5.69. The summed E-state index contributed by atoms with van der Waals surface area (Å²) in [4.78, 5) is 41.7. The molecule has 1 aromatic heterocycles. The zero-order chi connectivity index (χ0) is 24.9. The number of aryl methyl sites for hydroxylation is 1. The average molecular weight is 468 g/mol. The van der Waals surface area contributed by atoms with Crippen molar-refractivity contribution >= 4 is 17.5 Å². The number of ether oxygens (including phenoxy) is 1. The van der Waals surface area contributed by atoms with Crippen LogP contribution >= 0.6 is 0 Å². The monoisotopic (exact) mass is 467 g/mol. The Labute approximate surface area is 202 Å². The van der Waals surface area contributed by atoms with Crippen LogP contribution in [0.3, 0.4) is 0 Å². The minimum Gasteiger partial charge on any atom is -0.489 e. The van der Waals surface area contributed by atoms with Gasteiger partial charge in [-0.05, 0) is 63.7 Å². The molecule has 0 bridgehead atoms. The topological polar surface area (TPSA) is 93.6 Å². The SMILES string of the molecule is CCCCCCCOC1=C(C)C(=O)C(/C=C(\CCCCCc2cccnc2)C(=O)O)=C(C)C1=O. The Morgan fingerprint density at radius 3 is 2.41 bits per heavy atom. The zero-order valence-electron chi connectivity index (χ0n) is 20.7. The lowest BCUT2D eigenvalue weighted by Crippen LogP contribution is -2.23. The minimum atomic E-state index is -1.07. The van der Waals surface area contributed by atoms with Crippen LogP contribution in [0, 0.1) is 0 Å². The molecule has 1 aromatic rings. The van der Waals surface area contributed by atoms with E-state index >= 15 is 0 Å². The highest BCUT2D eigenvalue weighted by Crippen LogP contribution is 2.28. The van der Waals surface area contributed by atoms with E-state index in [0.717, 1.165) is 50.5 Å². The van der Waals surface area contributed by atoms with Crippen LogP contribution in [0.1, 0.15) is 84.1 Å². The third-order valence-electron chi connectivity index (χ3n) is 6.10. The van der Waals surface area contributed by atoms with Crippen LogP contribution < -0.4 is 0 Å². The molecule has 1 heterocycles. The third-order valence-corrected chi connectivity index (χ3v) is 6.10. The third kappa shape index (κ3) is 8.08. The summed E-state index contributed by atoms with van der Waals surface area (Å²) in [5.74, 6) is -1.64. The number of carbonyl (C=O) groups excluding carboxylic acids is 2. The molecular formula is C28H37NO5. The van der Waals surface area contributed by atoms with Crippen molar-refractivity contribution in [3.63, 3.8) is 0 Å². The number of carboxylic acids is 1. The van der Waals surface area contributed by atoms with Gasteiger partial charge in [-0.1, -0.05) is 45.1 Å². The summed E-state index contributed by atoms with van der Waals surface area (Å²) in [6, 6.07) is 3.93. The first-order valence-corrected chi connectivity index (χ1v) is 12.3. The van der Waals surface area contributed by atoms with Gasteiger partial charge in [0.15, 0.2) is 11.5 Å². The number of carboxylic acid groups (broad SMARTS) is 1. The van der Waals surface area contributed by atoms with Crippen LogP contribution in [0.25, 0.3) is 0 Å². The molecule has 0 saturated heterocycles. The van der Waals surface area contributed by atoms with E-state index in [1.54, 1.807) is 20.0 Å². The second-order valence-corrected chi connectivity index (χ2v) is 8.81. The van der Waals surface area contributed by atoms with Gasteiger partial charge in [0.1, 0.15) is 0 Å². The van der Waals surface area contributed by atoms with E-state index in [1.165, 1.54) is 12.5 Å². The number of hydrogen-bond donors (Lipinski definition) is 1. The molecule has 2 rings (SSSR count). The number of nitrogens with zero attached hydrogens (tertiary/aromatic N) is 1. The van der Waals surface area contributed by atoms with Crippen molar-refractivity contribution in [2.24, 2.45) is 0 Å². The number of unbranched alkanes of at least 4 members (excludes halogenated alkanes) is 6. The molecule has 1 N–H and O–H groups in total. The normalized spacial score (nSPS) is 14.7. The predicted molar refractivity (Wildman–Crippen MR) is 132 cm³/mol. The van der Waals surface area contributed by atoms with Crippen molar-refractivity contribution in [2.75, 3.05) is 6.61 Å². The number of rotatable bonds is 15. The first kappa shape index (κ1) is 27.2. The molecule has 1 aliphatic rings. The maximum absolute atomic E-state index is 13.0. The summed E-state index contributed by atoms with van der Waals surface area (Å²) in [6.45, 7) is 5.69. The van der Waals surface area contributed by atoms with Crippen molar-refractivity contribution in [1.82, 2.24) is 4.98 Å². The molecule has 0 aromatic carbocycles. The Kier molecular flexibility index (Phi) is 11.4. The fourth-order valence-electron chi connectivity index (χ4n) is 3.95. The van der Waals surface area contributed by atoms with E-state index in [0.29, 0.717) is 19.4 Å². The molecule has 0 radical (unpaired) electrons. The molecule has 1 aliphatic carbocycles. The van der Waals surface area contributed by atoms with Gasteiger partial charge < -0.3 is 9.84 Å². The van der Waals surface area contributed by atoms with Crippen LogP contribution in [-0.4, -0.2) is 34.2 Å². The predicted octanol–water partition coefficient (Wildman–Crippen LogP) is 5.92. The molecule has 0 unspecified atom stereocenters. The summed E-state index contributed by atoms with van der Waals surface area (Å²) in [5.41, 5.74) is 1.95. The quantitative estimate of drug-likeness (QED) is 0.195. The molecule has 0 saturated carbocycles. The number of carbonyl (C=O) groups is 3. The number of aromatic nitrogens is 1. The van der Waals surface area contributed by atoms with Crippen molar-refractivity contribution in [3.8, 4) is 0 Å². The van der Waals surface area contributed by atoms with Crippen LogP contribution in [0.5, 0.6) is 0 Å². The standard InChI is InChI=1S/C28H37NO5/c1-4-5-6-7-11-17-34-27-21(3)25(30)24(20(2)26(27)31)18-23(28(32)33)15-10-8-9-13-22-14-12-16-29-19-22/h12,14,16,18-19H,4-11,13,15,17H2,1-3H3,(H,32,33)/b23-18+. The maximum Gasteiger partial charge on any atom is 0.331 e. The number of Topliss-reactive ketones (excluding diaryl/α,β-unsaturated/α-hetero) is 2. The lowest BCUT2D eigenvalue weighted by atomic mass is 9.87. The van der Waals surface area contributed by atoms with Gasteiger partial charge >= 0.3 is 5.97 Å². The number of ketones is 2. The summed E-state index contributed by atoms with van der Waals surface area (Å²) in [6.07, 6.45) is 14.0. The molecule has 0 aliphatic heterocycles. The maximum atomic E-state index is 13.0. The second-order valence-electron chi connectivity index (χ2n) is 8.81. The largest absolute Gasteiger partial charge is 0.489 e. The van der Waals surface area contributed by atoms with E-state index in [1.807, 2.05) is 18.3 Å². The fraction of sp³-hybridized carbons (Fsp3) is 0.500. The number of aliphatic carboxylic acids is 1. The van der Waals surface area contributed by atoms with Gasteiger partial charge in [-0.2, -0.15) is 0 Å². The molecule has 0 fully saturated rings. The Morgan fingerprint density at radius 1 is 1.00 bits per heavy atom. The fourth-order valence-corrected chi connectivity index (χ4v) is 3.95. The highest BCUT2D eigenvalue weighted by atomic mass is 16.5. The zero-order valence-corrected chi connectivity index (χ0v) is 20.7. The highest BCUT2D eigenvalue weighted by Gasteiger charge is 2.31. The van der Waals surface area contributed by atoms with Gasteiger partial charge in [-0.3, -0.25) is 14.6 Å². The summed E-state index contributed by atoms with van der Waals surface area (Å²) in [5, 5.41) is 9.67. The van der Waals surface area contributed by atoms with E-state index < -0.39 is 5.97 Å². The average Bonchev–Trinajstić information content (AvgIpc) is 2.83. The Bertz CT molecular complexity index is 956. The molecule has 0 amide bonds. The van der Waals surface area contributed by atoms with Crippen molar-refractivity contribution in [2.45, 2.75) is 85.0 Å². The molecular weight excluding hydrogens is 430 g/mol. The van der Waals surface area contributed by atoms with E-state index in [-0.39, 0.29) is 39.6 Å². The lowest BCUT2D eigenvalue weighted by molar-refractivity contribution is -0.132. The lowest BCUT2D eigenvalue weighted by Gasteiger charge is -2.20. The second kappa shape index (κ2) is 14.3. The molecule has 0 atom stereocenters. The first-order chi connectivity index (χ1) is 16.4. The highest BCUT2D eigenvalue weighted by molar-refractivity contribution is 6.25. The van der Waals surface area contributed by atoms with Crippen LogP contribution in [-0.2, 0) is 25.5 Å². The summed E-state index contributed by atoms with van der Waals surface area (Å²) >= 11 is 0. The van der Waals surface area contributed by atoms with Gasteiger partial charge in [0.05, 0.1) is 6.61 Å². The summed E-state index contributed by atoms with van der Waals surface area (Å²) in [7, 11) is 0. The van der Waals surface area contributed by atoms with Gasteiger partial charge in [-0.15, -0.1) is 0 Å². The van der Waals surface area contributed by atoms with Crippen molar-refractivity contribution in [1.29, 1.82) is 0 Å². The van der Waals surface area contributed by atoms with Crippen molar-refractivity contribution < 1.29 is 24.2 Å². The number of allylic oxidation sites excluding steroid dienone is 4. The molecule has 34 heavy (non-hydrogen) atoms. The number of pyridine rings is 1. The van der Waals surface area contributed by atoms with E-state index in [4.69, 9.17) is 4.74 Å². The molecule has 6 heteroatoms. The Morgan fingerprint density at radius 2 is 1.74 bits per heavy atom. The number of hydrogen-bond acceptors (Lipinski definition) is 5.